The minimum Gasteiger partial charge on any atom is -0.495 e. The van der Waals surface area contributed by atoms with Crippen molar-refractivity contribution >= 4 is 22.0 Å². The van der Waals surface area contributed by atoms with E-state index in [1.165, 1.54) is 0 Å². The highest BCUT2D eigenvalue weighted by Crippen LogP contribution is 2.41. The van der Waals surface area contributed by atoms with Gasteiger partial charge in [-0.2, -0.15) is 0 Å². The Bertz CT molecular complexity index is 557. The van der Waals surface area contributed by atoms with Gasteiger partial charge in [0.15, 0.2) is 0 Å². The number of carbonyl (C=O) groups is 1. The van der Waals surface area contributed by atoms with Crippen molar-refractivity contribution in [3.8, 4) is 11.5 Å². The summed E-state index contributed by atoms with van der Waals surface area (Å²) in [7, 11) is 3.23. The molecule has 1 atom stereocenters. The standard InChI is InChI=1S/C17H24BrNO4/c1-17(2,3)23-16(20)19-8-6-7-12(19)11-9-13(21-4)15(18)14(10-11)22-5/h9-10,12H,6-8H2,1-5H3. The second-order valence-electron chi connectivity index (χ2n) is 6.57. The zero-order valence-electron chi connectivity index (χ0n) is 14.3. The molecule has 0 bridgehead atoms. The van der Waals surface area contributed by atoms with Crippen LogP contribution in [-0.2, 0) is 4.74 Å². The molecule has 1 heterocycles. The number of hydrogen-bond acceptors (Lipinski definition) is 4. The number of ether oxygens (including phenoxy) is 3. The first kappa shape index (κ1) is 17.9. The van der Waals surface area contributed by atoms with E-state index in [-0.39, 0.29) is 12.1 Å². The molecule has 1 aliphatic heterocycles. The average Bonchev–Trinajstić information content (AvgIpc) is 2.95. The van der Waals surface area contributed by atoms with E-state index >= 15 is 0 Å². The van der Waals surface area contributed by atoms with E-state index < -0.39 is 5.60 Å². The Balaban J connectivity index is 2.31. The molecule has 1 saturated heterocycles. The Morgan fingerprint density at radius 3 is 2.26 bits per heavy atom. The van der Waals surface area contributed by atoms with Gasteiger partial charge in [-0.05, 0) is 67.2 Å². The lowest BCUT2D eigenvalue weighted by Crippen LogP contribution is -2.36. The van der Waals surface area contributed by atoms with Crippen LogP contribution in [0.15, 0.2) is 16.6 Å². The number of benzene rings is 1. The van der Waals surface area contributed by atoms with Crippen LogP contribution in [0.25, 0.3) is 0 Å². The maximum Gasteiger partial charge on any atom is 0.410 e. The lowest BCUT2D eigenvalue weighted by Gasteiger charge is -2.29. The number of hydrogen-bond donors (Lipinski definition) is 0. The summed E-state index contributed by atoms with van der Waals surface area (Å²) in [5.41, 5.74) is 0.490. The van der Waals surface area contributed by atoms with Gasteiger partial charge in [0.25, 0.3) is 0 Å². The van der Waals surface area contributed by atoms with E-state index in [9.17, 15) is 4.79 Å². The molecule has 23 heavy (non-hydrogen) atoms. The van der Waals surface area contributed by atoms with Gasteiger partial charge in [0.05, 0.1) is 20.3 Å². The molecule has 1 aromatic carbocycles. The van der Waals surface area contributed by atoms with Gasteiger partial charge in [0.1, 0.15) is 21.6 Å². The number of methoxy groups -OCH3 is 2. The van der Waals surface area contributed by atoms with Gasteiger partial charge in [-0.3, -0.25) is 0 Å². The molecular weight excluding hydrogens is 362 g/mol. The lowest BCUT2D eigenvalue weighted by atomic mass is 10.0. The zero-order valence-corrected chi connectivity index (χ0v) is 15.9. The summed E-state index contributed by atoms with van der Waals surface area (Å²) in [6.07, 6.45) is 1.57. The molecule has 1 aliphatic rings. The lowest BCUT2D eigenvalue weighted by molar-refractivity contribution is 0.0224. The van der Waals surface area contributed by atoms with Crippen molar-refractivity contribution in [3.63, 3.8) is 0 Å². The van der Waals surface area contributed by atoms with Crippen LogP contribution in [0.3, 0.4) is 0 Å². The maximum atomic E-state index is 12.5. The first-order valence-electron chi connectivity index (χ1n) is 7.68. The second kappa shape index (κ2) is 6.99. The smallest absolute Gasteiger partial charge is 0.410 e. The van der Waals surface area contributed by atoms with Crippen molar-refractivity contribution in [2.24, 2.45) is 0 Å². The Labute approximate surface area is 146 Å². The number of rotatable bonds is 3. The number of likely N-dealkylation sites (tertiary alicyclic amines) is 1. The largest absolute Gasteiger partial charge is 0.495 e. The van der Waals surface area contributed by atoms with E-state index in [4.69, 9.17) is 14.2 Å². The molecule has 0 N–H and O–H groups in total. The third-order valence-corrected chi connectivity index (χ3v) is 4.52. The fourth-order valence-corrected chi connectivity index (χ4v) is 3.29. The molecular formula is C17H24BrNO4. The highest BCUT2D eigenvalue weighted by Gasteiger charge is 2.34. The molecule has 128 valence electrons. The van der Waals surface area contributed by atoms with Crippen LogP contribution in [-0.4, -0.2) is 37.4 Å². The number of nitrogens with zero attached hydrogens (tertiary/aromatic N) is 1. The van der Waals surface area contributed by atoms with Crippen molar-refractivity contribution < 1.29 is 19.0 Å². The molecule has 0 spiro atoms. The summed E-state index contributed by atoms with van der Waals surface area (Å²) < 4.78 is 17.1. The summed E-state index contributed by atoms with van der Waals surface area (Å²) in [5, 5.41) is 0. The number of amides is 1. The third kappa shape index (κ3) is 4.10. The summed E-state index contributed by atoms with van der Waals surface area (Å²) in [6, 6.07) is 3.86. The maximum absolute atomic E-state index is 12.5. The summed E-state index contributed by atoms with van der Waals surface area (Å²) in [5.74, 6) is 1.38. The number of halogens is 1. The monoisotopic (exact) mass is 385 g/mol. The van der Waals surface area contributed by atoms with Crippen LogP contribution >= 0.6 is 15.9 Å². The van der Waals surface area contributed by atoms with Gasteiger partial charge >= 0.3 is 6.09 Å². The van der Waals surface area contributed by atoms with Gasteiger partial charge in [0.2, 0.25) is 0 Å². The molecule has 1 fully saturated rings. The fourth-order valence-electron chi connectivity index (χ4n) is 2.73. The van der Waals surface area contributed by atoms with E-state index in [0.717, 1.165) is 22.9 Å². The van der Waals surface area contributed by atoms with E-state index in [1.54, 1.807) is 19.1 Å². The Morgan fingerprint density at radius 1 is 1.22 bits per heavy atom. The van der Waals surface area contributed by atoms with E-state index in [0.29, 0.717) is 18.0 Å². The first-order chi connectivity index (χ1) is 10.8. The average molecular weight is 386 g/mol. The molecule has 0 radical (unpaired) electrons. The van der Waals surface area contributed by atoms with Crippen molar-refractivity contribution in [1.29, 1.82) is 0 Å². The fraction of sp³-hybridized carbons (Fsp3) is 0.588. The topological polar surface area (TPSA) is 48.0 Å². The quantitative estimate of drug-likeness (QED) is 0.766. The van der Waals surface area contributed by atoms with Crippen LogP contribution in [0.2, 0.25) is 0 Å². The summed E-state index contributed by atoms with van der Waals surface area (Å²) >= 11 is 3.47. The summed E-state index contributed by atoms with van der Waals surface area (Å²) in [4.78, 5) is 14.2. The SMILES string of the molecule is COc1cc(C2CCCN2C(=O)OC(C)(C)C)cc(OC)c1Br. The highest BCUT2D eigenvalue weighted by molar-refractivity contribution is 9.10. The van der Waals surface area contributed by atoms with Gasteiger partial charge in [0, 0.05) is 6.54 Å². The minimum atomic E-state index is -0.501. The normalized spacial score (nSPS) is 18.0. The third-order valence-electron chi connectivity index (χ3n) is 3.73. The van der Waals surface area contributed by atoms with Crippen LogP contribution in [0.4, 0.5) is 4.79 Å². The molecule has 1 amide bonds. The van der Waals surface area contributed by atoms with Gasteiger partial charge < -0.3 is 19.1 Å². The summed E-state index contributed by atoms with van der Waals surface area (Å²) in [6.45, 7) is 6.32. The van der Waals surface area contributed by atoms with Crippen molar-refractivity contribution in [2.75, 3.05) is 20.8 Å². The Morgan fingerprint density at radius 2 is 1.78 bits per heavy atom. The van der Waals surface area contributed by atoms with Crippen molar-refractivity contribution in [3.05, 3.63) is 22.2 Å². The first-order valence-corrected chi connectivity index (χ1v) is 8.47. The molecule has 2 rings (SSSR count). The van der Waals surface area contributed by atoms with Crippen LogP contribution in [0, 0.1) is 0 Å². The second-order valence-corrected chi connectivity index (χ2v) is 7.36. The van der Waals surface area contributed by atoms with E-state index in [2.05, 4.69) is 15.9 Å². The molecule has 1 unspecified atom stereocenters. The Kier molecular flexibility index (Phi) is 5.45. The van der Waals surface area contributed by atoms with E-state index in [1.807, 2.05) is 32.9 Å². The molecule has 0 aromatic heterocycles. The van der Waals surface area contributed by atoms with Gasteiger partial charge in [-0.1, -0.05) is 0 Å². The van der Waals surface area contributed by atoms with Crippen LogP contribution in [0.5, 0.6) is 11.5 Å². The molecule has 0 saturated carbocycles. The van der Waals surface area contributed by atoms with Gasteiger partial charge in [-0.25, -0.2) is 4.79 Å². The molecule has 5 nitrogen and oxygen atoms in total. The van der Waals surface area contributed by atoms with Crippen molar-refractivity contribution in [2.45, 2.75) is 45.3 Å². The molecule has 1 aromatic rings. The predicted molar refractivity (Wildman–Crippen MR) is 92.2 cm³/mol. The zero-order chi connectivity index (χ0) is 17.2. The number of carbonyl (C=O) groups excluding carboxylic acids is 1. The molecule has 0 aliphatic carbocycles. The van der Waals surface area contributed by atoms with Crippen molar-refractivity contribution in [1.82, 2.24) is 4.90 Å². The minimum absolute atomic E-state index is 0.0271. The van der Waals surface area contributed by atoms with Crippen LogP contribution < -0.4 is 9.47 Å². The van der Waals surface area contributed by atoms with Gasteiger partial charge in [-0.15, -0.1) is 0 Å². The predicted octanol–water partition coefficient (Wildman–Crippen LogP) is 4.54. The van der Waals surface area contributed by atoms with Crippen LogP contribution in [0.1, 0.15) is 45.2 Å². The molecule has 6 heteroatoms. The highest BCUT2D eigenvalue weighted by atomic mass is 79.9. The Hall–Kier alpha value is -1.43.